The highest BCUT2D eigenvalue weighted by Gasteiger charge is 1.88. The van der Waals surface area contributed by atoms with Crippen LogP contribution in [0.3, 0.4) is 0 Å². The van der Waals surface area contributed by atoms with Crippen LogP contribution in [-0.4, -0.2) is 29.2 Å². The third kappa shape index (κ3) is 24.7. The van der Waals surface area contributed by atoms with Crippen molar-refractivity contribution in [2.45, 2.75) is 64.9 Å². The first-order chi connectivity index (χ1) is 7.18. The number of carbonyl (C=O) groups is 1. The maximum absolute atomic E-state index is 9.84. The summed E-state index contributed by atoms with van der Waals surface area (Å²) in [5.41, 5.74) is 0. The molecule has 1 unspecified atom stereocenters. The molecule has 15 heavy (non-hydrogen) atoms. The Balaban J connectivity index is 0. The number of aliphatic hydroxyl groups excluding tert-OH is 2. The second kappa shape index (κ2) is 16.0. The minimum Gasteiger partial charge on any atom is -0.396 e. The third-order valence-electron chi connectivity index (χ3n) is 1.97. The van der Waals surface area contributed by atoms with E-state index >= 15 is 0 Å². The van der Waals surface area contributed by atoms with E-state index in [1.165, 1.54) is 25.7 Å². The summed E-state index contributed by atoms with van der Waals surface area (Å²) in [4.78, 5) is 9.84. The molecule has 0 rings (SSSR count). The largest absolute Gasteiger partial charge is 0.396 e. The van der Waals surface area contributed by atoms with Gasteiger partial charge in [0, 0.05) is 13.0 Å². The number of hydrogen-bond acceptors (Lipinski definition) is 3. The van der Waals surface area contributed by atoms with Crippen molar-refractivity contribution >= 4 is 6.29 Å². The molecule has 0 saturated carbocycles. The maximum atomic E-state index is 9.84. The molecule has 0 spiro atoms. The topological polar surface area (TPSA) is 57.5 Å². The van der Waals surface area contributed by atoms with Crippen LogP contribution in [0.1, 0.15) is 58.8 Å². The Labute approximate surface area is 93.5 Å². The summed E-state index contributed by atoms with van der Waals surface area (Å²) in [5.74, 6) is 0. The molecule has 0 aromatic heterocycles. The highest BCUT2D eigenvalue weighted by atomic mass is 16.3. The zero-order chi connectivity index (χ0) is 11.9. The van der Waals surface area contributed by atoms with Gasteiger partial charge >= 0.3 is 0 Å². The lowest BCUT2D eigenvalue weighted by molar-refractivity contribution is -0.107. The van der Waals surface area contributed by atoms with E-state index in [0.29, 0.717) is 6.42 Å². The molecule has 0 bridgehead atoms. The van der Waals surface area contributed by atoms with Crippen molar-refractivity contribution < 1.29 is 15.0 Å². The molecule has 3 heteroatoms. The van der Waals surface area contributed by atoms with E-state index in [0.717, 1.165) is 19.1 Å². The van der Waals surface area contributed by atoms with Crippen LogP contribution in [0.15, 0.2) is 0 Å². The summed E-state index contributed by atoms with van der Waals surface area (Å²) < 4.78 is 0. The molecule has 0 aliphatic rings. The van der Waals surface area contributed by atoms with Gasteiger partial charge in [-0.2, -0.15) is 0 Å². The van der Waals surface area contributed by atoms with Gasteiger partial charge in [-0.3, -0.25) is 0 Å². The molecule has 92 valence electrons. The Morgan fingerprint density at radius 2 is 1.80 bits per heavy atom. The van der Waals surface area contributed by atoms with Crippen LogP contribution in [0, 0.1) is 0 Å². The van der Waals surface area contributed by atoms with Gasteiger partial charge in [-0.1, -0.05) is 32.6 Å². The quantitative estimate of drug-likeness (QED) is 0.485. The van der Waals surface area contributed by atoms with E-state index in [9.17, 15) is 4.79 Å². The lowest BCUT2D eigenvalue weighted by Crippen LogP contribution is -2.00. The molecule has 0 aliphatic carbocycles. The Bertz CT molecular complexity index is 113. The van der Waals surface area contributed by atoms with Crippen molar-refractivity contribution in [1.29, 1.82) is 0 Å². The van der Waals surface area contributed by atoms with Gasteiger partial charge in [-0.25, -0.2) is 0 Å². The van der Waals surface area contributed by atoms with Gasteiger partial charge in [-0.05, 0) is 19.8 Å². The summed E-state index contributed by atoms with van der Waals surface area (Å²) in [5, 5.41) is 16.5. The van der Waals surface area contributed by atoms with Gasteiger partial charge < -0.3 is 15.0 Å². The molecule has 0 aromatic rings. The summed E-state index contributed by atoms with van der Waals surface area (Å²) in [6, 6.07) is 0. The Kier molecular flexibility index (Phi) is 18.2. The monoisotopic (exact) mass is 218 g/mol. The Morgan fingerprint density at radius 3 is 2.13 bits per heavy atom. The van der Waals surface area contributed by atoms with Gasteiger partial charge in [0.05, 0.1) is 6.10 Å². The number of carbonyl (C=O) groups excluding carboxylic acids is 1. The minimum atomic E-state index is -0.352. The van der Waals surface area contributed by atoms with Crippen molar-refractivity contribution in [3.05, 3.63) is 0 Å². The minimum absolute atomic E-state index is 0.0810. The van der Waals surface area contributed by atoms with E-state index in [1.807, 2.05) is 0 Å². The molecule has 0 amide bonds. The van der Waals surface area contributed by atoms with E-state index < -0.39 is 0 Å². The molecular formula is C12H26O3. The van der Waals surface area contributed by atoms with E-state index in [2.05, 4.69) is 6.92 Å². The number of rotatable bonds is 8. The first-order valence-corrected chi connectivity index (χ1v) is 5.91. The van der Waals surface area contributed by atoms with Crippen molar-refractivity contribution in [3.8, 4) is 0 Å². The Morgan fingerprint density at radius 1 is 1.20 bits per heavy atom. The second-order valence-corrected chi connectivity index (χ2v) is 3.73. The van der Waals surface area contributed by atoms with Crippen LogP contribution in [0.4, 0.5) is 0 Å². The molecule has 2 N–H and O–H groups in total. The molecule has 0 radical (unpaired) electrons. The first kappa shape index (κ1) is 17.0. The van der Waals surface area contributed by atoms with Gasteiger partial charge in [-0.15, -0.1) is 0 Å². The number of aliphatic hydroxyl groups is 2. The van der Waals surface area contributed by atoms with Crippen molar-refractivity contribution in [3.63, 3.8) is 0 Å². The average Bonchev–Trinajstić information content (AvgIpc) is 2.18. The average molecular weight is 218 g/mol. The molecule has 0 heterocycles. The molecule has 3 nitrogen and oxygen atoms in total. The summed E-state index contributed by atoms with van der Waals surface area (Å²) in [6.45, 7) is 3.92. The molecule has 0 fully saturated rings. The lowest BCUT2D eigenvalue weighted by atomic mass is 10.1. The fourth-order valence-corrected chi connectivity index (χ4v) is 1.02. The Hall–Kier alpha value is -0.410. The summed E-state index contributed by atoms with van der Waals surface area (Å²) in [6.07, 6.45) is 8.10. The smallest absolute Gasteiger partial charge is 0.119 e. The van der Waals surface area contributed by atoms with E-state index in [1.54, 1.807) is 6.92 Å². The maximum Gasteiger partial charge on any atom is 0.119 e. The third-order valence-corrected chi connectivity index (χ3v) is 1.97. The predicted molar refractivity (Wildman–Crippen MR) is 62.8 cm³/mol. The van der Waals surface area contributed by atoms with Gasteiger partial charge in [0.1, 0.15) is 6.29 Å². The van der Waals surface area contributed by atoms with E-state index in [-0.39, 0.29) is 12.7 Å². The number of hydrogen-bond donors (Lipinski definition) is 2. The SMILES string of the molecule is CC(O)CCO.CCCCCCCC=O. The second-order valence-electron chi connectivity index (χ2n) is 3.73. The summed E-state index contributed by atoms with van der Waals surface area (Å²) >= 11 is 0. The van der Waals surface area contributed by atoms with Crippen LogP contribution in [0.25, 0.3) is 0 Å². The zero-order valence-electron chi connectivity index (χ0n) is 10.1. The van der Waals surface area contributed by atoms with Gasteiger partial charge in [0.2, 0.25) is 0 Å². The fourth-order valence-electron chi connectivity index (χ4n) is 1.02. The normalized spacial score (nSPS) is 11.5. The fraction of sp³-hybridized carbons (Fsp3) is 0.917. The van der Waals surface area contributed by atoms with Gasteiger partial charge in [0.15, 0.2) is 0 Å². The highest BCUT2D eigenvalue weighted by Crippen LogP contribution is 2.02. The van der Waals surface area contributed by atoms with Crippen molar-refractivity contribution in [1.82, 2.24) is 0 Å². The van der Waals surface area contributed by atoms with Crippen LogP contribution in [0.2, 0.25) is 0 Å². The summed E-state index contributed by atoms with van der Waals surface area (Å²) in [7, 11) is 0. The molecule has 1 atom stereocenters. The number of aldehydes is 1. The first-order valence-electron chi connectivity index (χ1n) is 5.91. The van der Waals surface area contributed by atoms with Crippen LogP contribution in [-0.2, 0) is 4.79 Å². The van der Waals surface area contributed by atoms with Crippen molar-refractivity contribution in [2.75, 3.05) is 6.61 Å². The van der Waals surface area contributed by atoms with Gasteiger partial charge in [0.25, 0.3) is 0 Å². The van der Waals surface area contributed by atoms with Crippen LogP contribution < -0.4 is 0 Å². The standard InChI is InChI=1S/C8H16O.C4H10O2/c1-2-3-4-5-6-7-8-9;1-4(6)2-3-5/h8H,2-7H2,1H3;4-6H,2-3H2,1H3. The van der Waals surface area contributed by atoms with Crippen LogP contribution in [0.5, 0.6) is 0 Å². The van der Waals surface area contributed by atoms with Crippen LogP contribution >= 0.6 is 0 Å². The van der Waals surface area contributed by atoms with E-state index in [4.69, 9.17) is 10.2 Å². The molecule has 0 aromatic carbocycles. The zero-order valence-corrected chi connectivity index (χ0v) is 10.1. The lowest BCUT2D eigenvalue weighted by Gasteiger charge is -1.95. The molecule has 0 saturated heterocycles. The number of unbranched alkanes of at least 4 members (excludes halogenated alkanes) is 5. The molecule has 0 aliphatic heterocycles. The predicted octanol–water partition coefficient (Wildman–Crippen LogP) is 2.30. The van der Waals surface area contributed by atoms with Crippen molar-refractivity contribution in [2.24, 2.45) is 0 Å². The molecular weight excluding hydrogens is 192 g/mol. The highest BCUT2D eigenvalue weighted by molar-refractivity contribution is 5.48.